The van der Waals surface area contributed by atoms with Crippen molar-refractivity contribution in [1.29, 1.82) is 0 Å². The first-order chi connectivity index (χ1) is 23.0. The van der Waals surface area contributed by atoms with Gasteiger partial charge in [0.15, 0.2) is 0 Å². The summed E-state index contributed by atoms with van der Waals surface area (Å²) in [5.41, 5.74) is 2.96. The molecule has 0 radical (unpaired) electrons. The molecule has 5 aliphatic rings. The highest BCUT2D eigenvalue weighted by Gasteiger charge is 2.71. The lowest BCUT2D eigenvalue weighted by atomic mass is 9.32. The number of fused-ring (bicyclic) bond motifs is 7. The zero-order chi connectivity index (χ0) is 35.6. The second-order valence-electron chi connectivity index (χ2n) is 18.3. The molecule has 7 heteroatoms. The van der Waals surface area contributed by atoms with E-state index in [9.17, 15) is 19.5 Å². The van der Waals surface area contributed by atoms with Crippen LogP contribution in [0, 0.1) is 56.7 Å². The van der Waals surface area contributed by atoms with Crippen LogP contribution in [0.2, 0.25) is 0 Å². The molecule has 10 atom stereocenters. The molecule has 6 rings (SSSR count). The zero-order valence-electron chi connectivity index (χ0n) is 31.3. The Balaban J connectivity index is 1.19. The summed E-state index contributed by atoms with van der Waals surface area (Å²) in [4.78, 5) is 38.2. The van der Waals surface area contributed by atoms with E-state index in [0.29, 0.717) is 54.8 Å². The Morgan fingerprint density at radius 2 is 1.47 bits per heavy atom. The highest BCUT2D eigenvalue weighted by Crippen LogP contribution is 2.77. The second-order valence-corrected chi connectivity index (χ2v) is 18.3. The largest absolute Gasteiger partial charge is 0.393 e. The van der Waals surface area contributed by atoms with Gasteiger partial charge in [-0.25, -0.2) is 0 Å². The first-order valence-corrected chi connectivity index (χ1v) is 19.2. The molecule has 7 nitrogen and oxygen atoms in total. The number of hydrogen-bond donors (Lipinski definition) is 4. The fraction of sp³-hybridized carbons (Fsp3) is 0.738. The van der Waals surface area contributed by atoms with Gasteiger partial charge in [-0.1, -0.05) is 58.9 Å². The molecule has 49 heavy (non-hydrogen) atoms. The number of hydrogen-bond acceptors (Lipinski definition) is 4. The van der Waals surface area contributed by atoms with E-state index in [0.717, 1.165) is 44.1 Å². The van der Waals surface area contributed by atoms with Crippen molar-refractivity contribution in [3.8, 4) is 0 Å². The van der Waals surface area contributed by atoms with E-state index < -0.39 is 0 Å². The van der Waals surface area contributed by atoms with Gasteiger partial charge in [0, 0.05) is 32.1 Å². The Labute approximate surface area is 295 Å². The monoisotopic (exact) mass is 673 g/mol. The third-order valence-corrected chi connectivity index (χ3v) is 16.0. The molecule has 0 bridgehead atoms. The molecule has 0 aromatic heterocycles. The minimum absolute atomic E-state index is 0.0518. The van der Waals surface area contributed by atoms with Crippen molar-refractivity contribution < 1.29 is 19.5 Å². The minimum atomic E-state index is -0.372. The summed E-state index contributed by atoms with van der Waals surface area (Å²) in [6, 6.07) is 7.45. The van der Waals surface area contributed by atoms with E-state index in [2.05, 4.69) is 64.1 Å². The van der Waals surface area contributed by atoms with Gasteiger partial charge in [-0.15, -0.1) is 0 Å². The molecule has 1 aromatic rings. The summed E-state index contributed by atoms with van der Waals surface area (Å²) in [6.45, 7) is 21.8. The molecule has 5 saturated carbocycles. The van der Waals surface area contributed by atoms with Crippen molar-refractivity contribution in [1.82, 2.24) is 16.0 Å². The van der Waals surface area contributed by atoms with Crippen LogP contribution in [0.4, 0.5) is 0 Å². The van der Waals surface area contributed by atoms with Crippen LogP contribution in [0.3, 0.4) is 0 Å². The summed E-state index contributed by atoms with van der Waals surface area (Å²) in [5.74, 6) is 2.25. The van der Waals surface area contributed by atoms with Gasteiger partial charge in [0.2, 0.25) is 11.8 Å². The van der Waals surface area contributed by atoms with Crippen LogP contribution in [0.5, 0.6) is 0 Å². The molecule has 9 unspecified atom stereocenters. The lowest BCUT2D eigenvalue weighted by Crippen LogP contribution is -2.67. The third kappa shape index (κ3) is 5.69. The number of rotatable bonds is 8. The standard InChI is InChI=1S/C42H63N3O4/c1-26(2)30-15-20-42(37(49)45-25-28-9-11-29(12-10-28)36(48)44-24-23-43-27(3)46)22-21-40(7)31(35(30)42)13-14-33-39(6)18-17-34(47)38(4,5)32(39)16-19-41(33,40)8/h9-12,30-35,47H,1,13-25H2,2-8H3,(H,43,46)(H,44,48)(H,45,49)/t30?,31?,32?,33?,34?,35?,39?,40-,41?,42?/m1/s1. The molecule has 5 aliphatic carbocycles. The maximum absolute atomic E-state index is 14.5. The lowest BCUT2D eigenvalue weighted by molar-refractivity contribution is -0.246. The average Bonchev–Trinajstić information content (AvgIpc) is 3.46. The van der Waals surface area contributed by atoms with Crippen molar-refractivity contribution in [3.05, 3.63) is 47.5 Å². The first kappa shape index (κ1) is 36.1. The molecule has 0 saturated heterocycles. The van der Waals surface area contributed by atoms with Gasteiger partial charge in [-0.3, -0.25) is 14.4 Å². The SMILES string of the molecule is C=C(C)C1CCC2(C(=O)NCc3ccc(C(=O)NCCNC(C)=O)cc3)CC[C@]3(C)C(CCC4C5(C)CCC(O)C(C)(C)C5CCC43C)C12. The average molecular weight is 674 g/mol. The summed E-state index contributed by atoms with van der Waals surface area (Å²) < 4.78 is 0. The normalized spacial score (nSPS) is 40.5. The van der Waals surface area contributed by atoms with Gasteiger partial charge in [0.1, 0.15) is 0 Å². The van der Waals surface area contributed by atoms with E-state index >= 15 is 0 Å². The highest BCUT2D eigenvalue weighted by molar-refractivity contribution is 5.94. The molecule has 5 fully saturated rings. The van der Waals surface area contributed by atoms with Gasteiger partial charge < -0.3 is 21.1 Å². The van der Waals surface area contributed by atoms with Crippen LogP contribution in [0.15, 0.2) is 36.4 Å². The maximum Gasteiger partial charge on any atom is 0.251 e. The third-order valence-electron chi connectivity index (χ3n) is 16.0. The molecule has 270 valence electrons. The Morgan fingerprint density at radius 3 is 2.14 bits per heavy atom. The van der Waals surface area contributed by atoms with Gasteiger partial charge in [-0.2, -0.15) is 0 Å². The maximum atomic E-state index is 14.5. The fourth-order valence-electron chi connectivity index (χ4n) is 13.2. The molecular weight excluding hydrogens is 610 g/mol. The number of benzene rings is 1. The predicted molar refractivity (Wildman–Crippen MR) is 194 cm³/mol. The van der Waals surface area contributed by atoms with E-state index in [1.807, 2.05) is 12.1 Å². The second kappa shape index (κ2) is 12.8. The molecular formula is C42H63N3O4. The minimum Gasteiger partial charge on any atom is -0.393 e. The highest BCUT2D eigenvalue weighted by atomic mass is 16.3. The number of amides is 3. The van der Waals surface area contributed by atoms with Gasteiger partial charge >= 0.3 is 0 Å². The predicted octanol–water partition coefficient (Wildman–Crippen LogP) is 7.19. The number of aliphatic hydroxyl groups excluding tert-OH is 1. The van der Waals surface area contributed by atoms with Crippen molar-refractivity contribution in [3.63, 3.8) is 0 Å². The quantitative estimate of drug-likeness (QED) is 0.173. The Bertz CT molecular complexity index is 1470. The number of allylic oxidation sites excluding steroid dienone is 1. The summed E-state index contributed by atoms with van der Waals surface area (Å²) >= 11 is 0. The lowest BCUT2D eigenvalue weighted by Gasteiger charge is -2.72. The smallest absolute Gasteiger partial charge is 0.251 e. The van der Waals surface area contributed by atoms with Crippen LogP contribution in [-0.2, 0) is 16.1 Å². The number of aliphatic hydroxyl groups is 1. The summed E-state index contributed by atoms with van der Waals surface area (Å²) in [7, 11) is 0. The molecule has 0 spiro atoms. The number of carbonyl (C=O) groups is 3. The van der Waals surface area contributed by atoms with Gasteiger partial charge in [0.25, 0.3) is 5.91 Å². The molecule has 0 aliphatic heterocycles. The van der Waals surface area contributed by atoms with Crippen molar-refractivity contribution >= 4 is 17.7 Å². The van der Waals surface area contributed by atoms with Crippen LogP contribution in [-0.4, -0.2) is 42.0 Å². The fourth-order valence-corrected chi connectivity index (χ4v) is 13.2. The topological polar surface area (TPSA) is 108 Å². The summed E-state index contributed by atoms with van der Waals surface area (Å²) in [5, 5.41) is 20.0. The van der Waals surface area contributed by atoms with E-state index in [4.69, 9.17) is 0 Å². The first-order valence-electron chi connectivity index (χ1n) is 19.2. The van der Waals surface area contributed by atoms with Crippen LogP contribution >= 0.6 is 0 Å². The van der Waals surface area contributed by atoms with Crippen LogP contribution in [0.25, 0.3) is 0 Å². The molecule has 3 amide bonds. The van der Waals surface area contributed by atoms with Crippen LogP contribution in [0.1, 0.15) is 129 Å². The Kier molecular flexibility index (Phi) is 9.46. The van der Waals surface area contributed by atoms with Crippen molar-refractivity contribution in [2.75, 3.05) is 13.1 Å². The van der Waals surface area contributed by atoms with Crippen molar-refractivity contribution in [2.24, 2.45) is 56.7 Å². The van der Waals surface area contributed by atoms with E-state index in [1.54, 1.807) is 12.1 Å². The number of nitrogens with one attached hydrogen (secondary N) is 3. The summed E-state index contributed by atoms with van der Waals surface area (Å²) in [6.07, 6.45) is 10.6. The molecule has 1 aromatic carbocycles. The number of carbonyl (C=O) groups excluding carboxylic acids is 3. The van der Waals surface area contributed by atoms with Crippen molar-refractivity contribution in [2.45, 2.75) is 125 Å². The van der Waals surface area contributed by atoms with E-state index in [1.165, 1.54) is 38.2 Å². The van der Waals surface area contributed by atoms with Gasteiger partial charge in [-0.05, 0) is 140 Å². The zero-order valence-corrected chi connectivity index (χ0v) is 31.3. The Morgan fingerprint density at radius 1 is 0.776 bits per heavy atom. The van der Waals surface area contributed by atoms with E-state index in [-0.39, 0.29) is 50.9 Å². The van der Waals surface area contributed by atoms with Crippen LogP contribution < -0.4 is 16.0 Å². The Hall–Kier alpha value is -2.67. The molecule has 4 N–H and O–H groups in total. The molecule has 0 heterocycles. The van der Waals surface area contributed by atoms with Gasteiger partial charge in [0.05, 0.1) is 11.5 Å².